The highest BCUT2D eigenvalue weighted by Gasteiger charge is 2.21. The summed E-state index contributed by atoms with van der Waals surface area (Å²) < 4.78 is 9.67. The summed E-state index contributed by atoms with van der Waals surface area (Å²) in [6.07, 6.45) is 0. The smallest absolute Gasteiger partial charge is 0.379 e. The summed E-state index contributed by atoms with van der Waals surface area (Å²) in [5.41, 5.74) is 1.13. The summed E-state index contributed by atoms with van der Waals surface area (Å²) in [6.45, 7) is 4.08. The zero-order valence-corrected chi connectivity index (χ0v) is 9.57. The maximum Gasteiger partial charge on any atom is 0.379 e. The van der Waals surface area contributed by atoms with Crippen LogP contribution in [0.15, 0.2) is 18.2 Å². The summed E-state index contributed by atoms with van der Waals surface area (Å²) >= 11 is 0. The number of rotatable bonds is 4. The van der Waals surface area contributed by atoms with Crippen molar-refractivity contribution in [3.8, 4) is 5.75 Å². The van der Waals surface area contributed by atoms with E-state index in [2.05, 4.69) is 4.74 Å². The average Bonchev–Trinajstić information content (AvgIpc) is 2.29. The van der Waals surface area contributed by atoms with E-state index in [-0.39, 0.29) is 5.56 Å². The molecule has 0 unspecified atom stereocenters. The molecule has 1 aromatic carbocycles. The minimum Gasteiger partial charge on any atom is -0.493 e. The molecular formula is C12H14O4. The minimum atomic E-state index is -0.883. The van der Waals surface area contributed by atoms with E-state index in [0.717, 1.165) is 5.56 Å². The van der Waals surface area contributed by atoms with E-state index < -0.39 is 11.8 Å². The number of carbonyl (C=O) groups excluding carboxylic acids is 2. The fourth-order valence-electron chi connectivity index (χ4n) is 1.31. The molecule has 0 aliphatic rings. The van der Waals surface area contributed by atoms with E-state index in [1.807, 2.05) is 19.9 Å². The lowest BCUT2D eigenvalue weighted by Crippen LogP contribution is -2.17. The highest BCUT2D eigenvalue weighted by Crippen LogP contribution is 2.21. The molecule has 0 saturated heterocycles. The summed E-state index contributed by atoms with van der Waals surface area (Å²) in [5, 5.41) is 0. The van der Waals surface area contributed by atoms with Crippen LogP contribution in [0, 0.1) is 6.92 Å². The fourth-order valence-corrected chi connectivity index (χ4v) is 1.31. The van der Waals surface area contributed by atoms with Gasteiger partial charge in [-0.3, -0.25) is 4.79 Å². The van der Waals surface area contributed by atoms with Crippen molar-refractivity contribution in [3.05, 3.63) is 29.3 Å². The van der Waals surface area contributed by atoms with Crippen molar-refractivity contribution < 1.29 is 19.1 Å². The first kappa shape index (κ1) is 12.2. The molecule has 0 amide bonds. The van der Waals surface area contributed by atoms with Crippen molar-refractivity contribution in [2.45, 2.75) is 13.8 Å². The normalized spacial score (nSPS) is 9.69. The lowest BCUT2D eigenvalue weighted by Gasteiger charge is -2.09. The third-order valence-corrected chi connectivity index (χ3v) is 2.05. The minimum absolute atomic E-state index is 0.244. The maximum absolute atomic E-state index is 11.7. The van der Waals surface area contributed by atoms with Gasteiger partial charge in [-0.25, -0.2) is 4.79 Å². The third-order valence-electron chi connectivity index (χ3n) is 2.05. The molecule has 86 valence electrons. The average molecular weight is 222 g/mol. The molecule has 4 heteroatoms. The monoisotopic (exact) mass is 222 g/mol. The van der Waals surface area contributed by atoms with Crippen LogP contribution in [0.4, 0.5) is 0 Å². The first-order valence-electron chi connectivity index (χ1n) is 4.96. The molecule has 0 N–H and O–H groups in total. The number of hydrogen-bond donors (Lipinski definition) is 0. The molecule has 0 heterocycles. The van der Waals surface area contributed by atoms with Crippen LogP contribution in [-0.4, -0.2) is 25.5 Å². The van der Waals surface area contributed by atoms with Crippen LogP contribution in [0.5, 0.6) is 5.75 Å². The van der Waals surface area contributed by atoms with E-state index in [1.165, 1.54) is 7.11 Å². The van der Waals surface area contributed by atoms with Crippen molar-refractivity contribution in [3.63, 3.8) is 0 Å². The van der Waals surface area contributed by atoms with Gasteiger partial charge in [0.25, 0.3) is 5.78 Å². The number of Topliss-reactive ketones (excluding diaryl/α,β-unsaturated/α-hetero) is 1. The van der Waals surface area contributed by atoms with Gasteiger partial charge in [0.2, 0.25) is 0 Å². The summed E-state index contributed by atoms with van der Waals surface area (Å²) in [7, 11) is 1.18. The Balaban J connectivity index is 3.13. The molecule has 0 bridgehead atoms. The highest BCUT2D eigenvalue weighted by molar-refractivity contribution is 6.41. The topological polar surface area (TPSA) is 52.6 Å². The molecule has 0 aliphatic heterocycles. The van der Waals surface area contributed by atoms with Crippen molar-refractivity contribution in [2.24, 2.45) is 0 Å². The third kappa shape index (κ3) is 2.59. The molecule has 0 spiro atoms. The van der Waals surface area contributed by atoms with Gasteiger partial charge < -0.3 is 9.47 Å². The van der Waals surface area contributed by atoms with E-state index in [0.29, 0.717) is 12.4 Å². The Morgan fingerprint density at radius 1 is 1.31 bits per heavy atom. The summed E-state index contributed by atoms with van der Waals surface area (Å²) in [5.74, 6) is -1.16. The molecule has 1 rings (SSSR count). The predicted octanol–water partition coefficient (Wildman–Crippen LogP) is 1.75. The van der Waals surface area contributed by atoms with Crippen LogP contribution >= 0.6 is 0 Å². The van der Waals surface area contributed by atoms with E-state index in [1.54, 1.807) is 12.1 Å². The van der Waals surface area contributed by atoms with Gasteiger partial charge in [-0.2, -0.15) is 0 Å². The fraction of sp³-hybridized carbons (Fsp3) is 0.333. The molecule has 1 aromatic rings. The van der Waals surface area contributed by atoms with Crippen LogP contribution in [-0.2, 0) is 9.53 Å². The molecule has 0 atom stereocenters. The zero-order chi connectivity index (χ0) is 12.1. The standard InChI is InChI=1S/C12H14O4/c1-4-16-10-6-5-8(2)7-9(10)11(13)12(14)15-3/h5-7H,4H2,1-3H3. The number of ketones is 1. The number of benzene rings is 1. The van der Waals surface area contributed by atoms with Crippen molar-refractivity contribution in [1.82, 2.24) is 0 Å². The molecule has 0 aliphatic carbocycles. The zero-order valence-electron chi connectivity index (χ0n) is 9.57. The largest absolute Gasteiger partial charge is 0.493 e. The van der Waals surface area contributed by atoms with Gasteiger partial charge in [-0.15, -0.1) is 0 Å². The predicted molar refractivity (Wildman–Crippen MR) is 58.7 cm³/mol. The summed E-state index contributed by atoms with van der Waals surface area (Å²) in [6, 6.07) is 5.11. The van der Waals surface area contributed by atoms with Gasteiger partial charge in [0.05, 0.1) is 19.3 Å². The van der Waals surface area contributed by atoms with Gasteiger partial charge in [0.1, 0.15) is 5.75 Å². The first-order valence-corrected chi connectivity index (χ1v) is 4.96. The molecule has 0 aromatic heterocycles. The van der Waals surface area contributed by atoms with Crippen molar-refractivity contribution in [2.75, 3.05) is 13.7 Å². The molecule has 0 radical (unpaired) electrons. The van der Waals surface area contributed by atoms with Crippen molar-refractivity contribution >= 4 is 11.8 Å². The molecule has 0 fully saturated rings. The highest BCUT2D eigenvalue weighted by atomic mass is 16.5. The molecular weight excluding hydrogens is 208 g/mol. The summed E-state index contributed by atoms with van der Waals surface area (Å²) in [4.78, 5) is 22.8. The van der Waals surface area contributed by atoms with Gasteiger partial charge in [-0.05, 0) is 26.0 Å². The van der Waals surface area contributed by atoms with Gasteiger partial charge >= 0.3 is 5.97 Å². The maximum atomic E-state index is 11.7. The SMILES string of the molecule is CCOc1ccc(C)cc1C(=O)C(=O)OC. The van der Waals surface area contributed by atoms with Crippen LogP contribution < -0.4 is 4.74 Å². The number of aryl methyl sites for hydroxylation is 1. The number of methoxy groups -OCH3 is 1. The Morgan fingerprint density at radius 2 is 2.00 bits per heavy atom. The van der Waals surface area contributed by atoms with Crippen LogP contribution in [0.1, 0.15) is 22.8 Å². The lowest BCUT2D eigenvalue weighted by atomic mass is 10.1. The van der Waals surface area contributed by atoms with Gasteiger partial charge in [-0.1, -0.05) is 11.6 Å². The number of carbonyl (C=O) groups is 2. The van der Waals surface area contributed by atoms with Crippen LogP contribution in [0.2, 0.25) is 0 Å². The second kappa shape index (κ2) is 5.30. The van der Waals surface area contributed by atoms with Crippen LogP contribution in [0.3, 0.4) is 0 Å². The van der Waals surface area contributed by atoms with E-state index >= 15 is 0 Å². The quantitative estimate of drug-likeness (QED) is 0.442. The number of ether oxygens (including phenoxy) is 2. The van der Waals surface area contributed by atoms with Crippen LogP contribution in [0.25, 0.3) is 0 Å². The molecule has 0 saturated carbocycles. The Labute approximate surface area is 94.2 Å². The Bertz CT molecular complexity index is 409. The van der Waals surface area contributed by atoms with Crippen molar-refractivity contribution in [1.29, 1.82) is 0 Å². The lowest BCUT2D eigenvalue weighted by molar-refractivity contribution is -0.135. The second-order valence-corrected chi connectivity index (χ2v) is 3.25. The Kier molecular flexibility index (Phi) is 4.05. The number of hydrogen-bond acceptors (Lipinski definition) is 4. The molecule has 16 heavy (non-hydrogen) atoms. The molecule has 4 nitrogen and oxygen atoms in total. The van der Waals surface area contributed by atoms with E-state index in [9.17, 15) is 9.59 Å². The Hall–Kier alpha value is -1.84. The number of esters is 1. The van der Waals surface area contributed by atoms with Gasteiger partial charge in [0, 0.05) is 0 Å². The Morgan fingerprint density at radius 3 is 2.56 bits per heavy atom. The first-order chi connectivity index (χ1) is 7.60. The van der Waals surface area contributed by atoms with Gasteiger partial charge in [0.15, 0.2) is 0 Å². The second-order valence-electron chi connectivity index (χ2n) is 3.25. The van der Waals surface area contributed by atoms with E-state index in [4.69, 9.17) is 4.74 Å².